The number of amides is 3. The average Bonchev–Trinajstić information content (AvgIpc) is 2.95. The fourth-order valence-electron chi connectivity index (χ4n) is 3.25. The summed E-state index contributed by atoms with van der Waals surface area (Å²) < 4.78 is 5.46. The Kier molecular flexibility index (Phi) is 10.9. The van der Waals surface area contributed by atoms with Gasteiger partial charge >= 0.3 is 6.03 Å². The highest BCUT2D eigenvalue weighted by atomic mass is 127. The minimum Gasteiger partial charge on any atom is -0.379 e. The molecule has 3 amide bonds. The molecular formula is C17H33IN6O3. The van der Waals surface area contributed by atoms with Gasteiger partial charge in [-0.05, 0) is 12.3 Å². The molecule has 0 aromatic heterocycles. The highest BCUT2D eigenvalue weighted by molar-refractivity contribution is 14.0. The Morgan fingerprint density at radius 3 is 2.52 bits per heavy atom. The topological polar surface area (TPSA) is 98.3 Å². The lowest BCUT2D eigenvalue weighted by Crippen LogP contribution is -2.51. The number of ether oxygens (including phenoxy) is 1. The number of nitrogens with one attached hydrogen (secondary N) is 3. The van der Waals surface area contributed by atoms with Gasteiger partial charge in [0.15, 0.2) is 5.96 Å². The smallest absolute Gasteiger partial charge is 0.324 e. The maximum atomic E-state index is 11.6. The maximum Gasteiger partial charge on any atom is 0.324 e. The van der Waals surface area contributed by atoms with Crippen LogP contribution in [0.25, 0.3) is 0 Å². The maximum absolute atomic E-state index is 11.6. The second-order valence-electron chi connectivity index (χ2n) is 7.02. The number of hydrogen-bond acceptors (Lipinski definition) is 5. The molecule has 0 spiro atoms. The van der Waals surface area contributed by atoms with Gasteiger partial charge in [-0.25, -0.2) is 4.79 Å². The molecule has 2 rings (SSSR count). The summed E-state index contributed by atoms with van der Waals surface area (Å²) in [5.74, 6) is 1.10. The lowest BCUT2D eigenvalue weighted by Gasteiger charge is -2.35. The summed E-state index contributed by atoms with van der Waals surface area (Å²) in [7, 11) is 1.72. The lowest BCUT2D eigenvalue weighted by atomic mass is 10.0. The zero-order chi connectivity index (χ0) is 18.9. The number of nitrogens with zero attached hydrogens (tertiary/aromatic N) is 3. The van der Waals surface area contributed by atoms with Gasteiger partial charge in [-0.1, -0.05) is 13.8 Å². The number of morpholine rings is 1. The number of carbonyl (C=O) groups is 2. The number of hydrogen-bond donors (Lipinski definition) is 3. The second kappa shape index (κ2) is 12.3. The molecular weight excluding hydrogens is 463 g/mol. The van der Waals surface area contributed by atoms with Gasteiger partial charge in [0.05, 0.1) is 19.8 Å². The van der Waals surface area contributed by atoms with E-state index in [2.05, 4.69) is 39.7 Å². The van der Waals surface area contributed by atoms with Gasteiger partial charge in [-0.2, -0.15) is 0 Å². The first-order valence-electron chi connectivity index (χ1n) is 9.35. The molecule has 2 heterocycles. The highest BCUT2D eigenvalue weighted by Crippen LogP contribution is 2.12. The molecule has 156 valence electrons. The van der Waals surface area contributed by atoms with Crippen LogP contribution in [0.4, 0.5) is 4.79 Å². The predicted molar refractivity (Wildman–Crippen MR) is 116 cm³/mol. The molecule has 0 aliphatic carbocycles. The van der Waals surface area contributed by atoms with Crippen molar-refractivity contribution < 1.29 is 14.3 Å². The van der Waals surface area contributed by atoms with E-state index in [1.807, 2.05) is 0 Å². The monoisotopic (exact) mass is 496 g/mol. The van der Waals surface area contributed by atoms with E-state index in [-0.39, 0.29) is 42.5 Å². The first-order valence-corrected chi connectivity index (χ1v) is 9.35. The molecule has 0 saturated carbocycles. The van der Waals surface area contributed by atoms with Crippen LogP contribution in [0, 0.1) is 5.92 Å². The molecule has 1 unspecified atom stereocenters. The zero-order valence-electron chi connectivity index (χ0n) is 16.5. The first-order chi connectivity index (χ1) is 12.5. The molecule has 2 aliphatic heterocycles. The molecule has 0 radical (unpaired) electrons. The van der Waals surface area contributed by atoms with Crippen molar-refractivity contribution >= 4 is 41.9 Å². The minimum atomic E-state index is -0.330. The molecule has 0 aromatic rings. The van der Waals surface area contributed by atoms with Crippen molar-refractivity contribution in [3.8, 4) is 0 Å². The Morgan fingerprint density at radius 2 is 1.96 bits per heavy atom. The van der Waals surface area contributed by atoms with Crippen LogP contribution < -0.4 is 16.0 Å². The number of urea groups is 1. The lowest BCUT2D eigenvalue weighted by molar-refractivity contribution is -0.124. The Morgan fingerprint density at radius 1 is 1.26 bits per heavy atom. The van der Waals surface area contributed by atoms with E-state index in [4.69, 9.17) is 4.74 Å². The molecule has 27 heavy (non-hydrogen) atoms. The van der Waals surface area contributed by atoms with E-state index >= 15 is 0 Å². The summed E-state index contributed by atoms with van der Waals surface area (Å²) in [5.41, 5.74) is 0. The molecule has 2 saturated heterocycles. The number of rotatable bonds is 8. The number of carbonyl (C=O) groups excluding carboxylic acids is 2. The standard InChI is InChI=1S/C17H32N6O3.HI/c1-13(2)10-14(22-6-8-26-9-7-22)11-20-16(18-3)19-4-5-23-15(24)12-21-17(23)25;/h13-14H,4-12H2,1-3H3,(H,21,25)(H2,18,19,20);1H. The Labute approximate surface area is 178 Å². The molecule has 9 nitrogen and oxygen atoms in total. The fraction of sp³-hybridized carbons (Fsp3) is 0.824. The van der Waals surface area contributed by atoms with Gasteiger partial charge < -0.3 is 20.7 Å². The van der Waals surface area contributed by atoms with Crippen molar-refractivity contribution in [1.29, 1.82) is 0 Å². The predicted octanol–water partition coefficient (Wildman–Crippen LogP) is 0.0681. The number of halogens is 1. The van der Waals surface area contributed by atoms with Crippen LogP contribution in [-0.2, 0) is 9.53 Å². The summed E-state index contributed by atoms with van der Waals surface area (Å²) in [6, 6.07) is 0.0902. The van der Waals surface area contributed by atoms with E-state index in [1.54, 1.807) is 7.05 Å². The van der Waals surface area contributed by atoms with Crippen LogP contribution in [0.1, 0.15) is 20.3 Å². The van der Waals surface area contributed by atoms with Crippen LogP contribution in [0.3, 0.4) is 0 Å². The largest absolute Gasteiger partial charge is 0.379 e. The van der Waals surface area contributed by atoms with Crippen molar-refractivity contribution in [2.75, 3.05) is 59.5 Å². The third-order valence-electron chi connectivity index (χ3n) is 4.60. The van der Waals surface area contributed by atoms with Gasteiger partial charge in [-0.3, -0.25) is 19.6 Å². The van der Waals surface area contributed by atoms with E-state index in [9.17, 15) is 9.59 Å². The summed E-state index contributed by atoms with van der Waals surface area (Å²) in [4.78, 5) is 31.0. The molecule has 2 fully saturated rings. The summed E-state index contributed by atoms with van der Waals surface area (Å²) in [6.07, 6.45) is 1.10. The van der Waals surface area contributed by atoms with Gasteiger partial charge in [-0.15, -0.1) is 24.0 Å². The van der Waals surface area contributed by atoms with E-state index in [0.29, 0.717) is 31.0 Å². The highest BCUT2D eigenvalue weighted by Gasteiger charge is 2.27. The van der Waals surface area contributed by atoms with E-state index in [1.165, 1.54) is 4.90 Å². The summed E-state index contributed by atoms with van der Waals surface area (Å²) >= 11 is 0. The van der Waals surface area contributed by atoms with E-state index in [0.717, 1.165) is 39.3 Å². The van der Waals surface area contributed by atoms with Crippen molar-refractivity contribution in [2.45, 2.75) is 26.3 Å². The van der Waals surface area contributed by atoms with Gasteiger partial charge in [0.1, 0.15) is 0 Å². The van der Waals surface area contributed by atoms with Crippen molar-refractivity contribution in [2.24, 2.45) is 10.9 Å². The fourth-order valence-corrected chi connectivity index (χ4v) is 3.25. The van der Waals surface area contributed by atoms with Crippen LogP contribution in [0.15, 0.2) is 4.99 Å². The molecule has 2 aliphatic rings. The number of imide groups is 1. The summed E-state index contributed by atoms with van der Waals surface area (Å²) in [5, 5.41) is 9.06. The van der Waals surface area contributed by atoms with Crippen LogP contribution in [0.5, 0.6) is 0 Å². The first kappa shape index (κ1) is 23.9. The number of aliphatic imine (C=N–C) groups is 1. The third-order valence-corrected chi connectivity index (χ3v) is 4.60. The van der Waals surface area contributed by atoms with Crippen molar-refractivity contribution in [3.63, 3.8) is 0 Å². The zero-order valence-corrected chi connectivity index (χ0v) is 18.8. The average molecular weight is 496 g/mol. The van der Waals surface area contributed by atoms with Crippen LogP contribution in [-0.4, -0.2) is 93.3 Å². The third kappa shape index (κ3) is 7.78. The molecule has 3 N–H and O–H groups in total. The Bertz CT molecular complexity index is 495. The Balaban J connectivity index is 0.00000364. The van der Waals surface area contributed by atoms with Crippen LogP contribution in [0.2, 0.25) is 0 Å². The van der Waals surface area contributed by atoms with Crippen molar-refractivity contribution in [3.05, 3.63) is 0 Å². The minimum absolute atomic E-state index is 0. The van der Waals surface area contributed by atoms with Crippen LogP contribution >= 0.6 is 24.0 Å². The van der Waals surface area contributed by atoms with Gasteiger partial charge in [0.25, 0.3) is 0 Å². The van der Waals surface area contributed by atoms with Gasteiger partial charge in [0.2, 0.25) is 5.91 Å². The SMILES string of the molecule is CN=C(NCCN1C(=O)CNC1=O)NCC(CC(C)C)N1CCOCC1.I. The molecule has 0 bridgehead atoms. The quantitative estimate of drug-likeness (QED) is 0.191. The summed E-state index contributed by atoms with van der Waals surface area (Å²) in [6.45, 7) is 9.62. The Hall–Kier alpha value is -1.14. The molecule has 0 aromatic carbocycles. The second-order valence-corrected chi connectivity index (χ2v) is 7.02. The normalized spacial score (nSPS) is 19.7. The van der Waals surface area contributed by atoms with E-state index < -0.39 is 0 Å². The van der Waals surface area contributed by atoms with Crippen molar-refractivity contribution in [1.82, 2.24) is 25.8 Å². The molecule has 10 heteroatoms. The molecule has 1 atom stereocenters. The van der Waals surface area contributed by atoms with Gasteiger partial charge in [0, 0.05) is 45.8 Å². The number of guanidine groups is 1.